The first kappa shape index (κ1) is 32.1. The predicted molar refractivity (Wildman–Crippen MR) is 160 cm³/mol. The molecule has 2 aromatic carbocycles. The van der Waals surface area contributed by atoms with Gasteiger partial charge in [-0.05, 0) is 36.0 Å². The van der Waals surface area contributed by atoms with Gasteiger partial charge < -0.3 is 4.57 Å². The Bertz CT molecular complexity index is 850. The van der Waals surface area contributed by atoms with E-state index in [1.807, 2.05) is 30.3 Å². The van der Waals surface area contributed by atoms with Crippen molar-refractivity contribution in [2.45, 2.75) is 140 Å². The van der Waals surface area contributed by atoms with E-state index in [9.17, 15) is 0 Å². The van der Waals surface area contributed by atoms with Crippen molar-refractivity contribution in [1.29, 1.82) is 0 Å². The summed E-state index contributed by atoms with van der Waals surface area (Å²) < 4.78 is 15.2. The number of hydrogen-bond acceptors (Lipinski definition) is 1. The summed E-state index contributed by atoms with van der Waals surface area (Å²) in [5.41, 5.74) is 2.83. The van der Waals surface area contributed by atoms with Gasteiger partial charge >= 0.3 is 17.1 Å². The maximum absolute atomic E-state index is 15.2. The summed E-state index contributed by atoms with van der Waals surface area (Å²) in [6.07, 6.45) is 12.6. The van der Waals surface area contributed by atoms with Crippen molar-refractivity contribution in [2.75, 3.05) is 0 Å². The minimum atomic E-state index is -2.40. The van der Waals surface area contributed by atoms with Crippen molar-refractivity contribution < 1.29 is 21.6 Å². The van der Waals surface area contributed by atoms with Crippen molar-refractivity contribution >= 4 is 20.4 Å². The monoisotopic (exact) mass is 570 g/mol. The summed E-state index contributed by atoms with van der Waals surface area (Å²) in [6, 6.07) is 16.9. The second kappa shape index (κ2) is 13.8. The summed E-state index contributed by atoms with van der Waals surface area (Å²) in [4.78, 5) is 0. The van der Waals surface area contributed by atoms with E-state index in [1.165, 1.54) is 75.1 Å². The average molecular weight is 571 g/mol. The maximum Gasteiger partial charge on any atom is 2.00 e. The van der Waals surface area contributed by atoms with Gasteiger partial charge in [0.1, 0.15) is 0 Å². The molecule has 2 aliphatic rings. The van der Waals surface area contributed by atoms with Crippen LogP contribution in [0.4, 0.5) is 0 Å². The molecule has 0 N–H and O–H groups in total. The first-order chi connectivity index (χ1) is 16.5. The van der Waals surface area contributed by atoms with Crippen LogP contribution in [-0.2, 0) is 21.6 Å². The molecule has 0 spiro atoms. The second-order valence-electron chi connectivity index (χ2n) is 13.0. The van der Waals surface area contributed by atoms with Gasteiger partial charge in [-0.15, -0.1) is 13.2 Å². The zero-order valence-corrected chi connectivity index (χ0v) is 27.0. The van der Waals surface area contributed by atoms with Crippen LogP contribution in [0.15, 0.2) is 48.5 Å². The van der Waals surface area contributed by atoms with Crippen LogP contribution >= 0.6 is 15.1 Å². The fraction of sp³-hybridized carbons (Fsp3) is 0.688. The van der Waals surface area contributed by atoms with Crippen LogP contribution in [-0.4, -0.2) is 21.6 Å². The quantitative estimate of drug-likeness (QED) is 0.199. The van der Waals surface area contributed by atoms with Crippen LogP contribution < -0.4 is 5.30 Å². The molecule has 1 nitrogen and oxygen atoms in total. The van der Waals surface area contributed by atoms with E-state index in [4.69, 9.17) is 0 Å². The molecule has 2 fully saturated rings. The summed E-state index contributed by atoms with van der Waals surface area (Å²) in [6.45, 7) is 17.0. The van der Waals surface area contributed by atoms with E-state index in [2.05, 4.69) is 66.7 Å². The molecule has 0 bridgehead atoms. The van der Waals surface area contributed by atoms with Gasteiger partial charge in [-0.1, -0.05) is 92.7 Å². The van der Waals surface area contributed by atoms with E-state index >= 15 is 4.57 Å². The fourth-order valence-corrected chi connectivity index (χ4v) is 16.9. The fourth-order valence-electron chi connectivity index (χ4n) is 7.34. The smallest absolute Gasteiger partial charge is 0.320 e. The Labute approximate surface area is 235 Å². The third-order valence-corrected chi connectivity index (χ3v) is 16.6. The topological polar surface area (TPSA) is 17.1 Å². The minimum Gasteiger partial charge on any atom is -0.320 e. The predicted octanol–water partition coefficient (Wildman–Crippen LogP) is 10.6. The zero-order valence-electron chi connectivity index (χ0n) is 24.1. The minimum absolute atomic E-state index is 0. The van der Waals surface area contributed by atoms with Crippen LogP contribution in [0.1, 0.15) is 124 Å². The van der Waals surface area contributed by atoms with Gasteiger partial charge in [-0.2, -0.15) is 35.9 Å². The molecule has 2 aromatic rings. The van der Waals surface area contributed by atoms with Crippen LogP contribution in [0.3, 0.4) is 0 Å². The van der Waals surface area contributed by atoms with Crippen molar-refractivity contribution in [3.63, 3.8) is 0 Å². The molecule has 0 amide bonds. The molecule has 1 atom stereocenters. The van der Waals surface area contributed by atoms with Gasteiger partial charge in [0.2, 0.25) is 0 Å². The normalized spacial score (nSPS) is 19.3. The molecule has 2 aliphatic carbocycles. The van der Waals surface area contributed by atoms with Crippen molar-refractivity contribution in [3.8, 4) is 0 Å². The van der Waals surface area contributed by atoms with Crippen molar-refractivity contribution in [3.05, 3.63) is 54.1 Å². The molecule has 0 aliphatic heterocycles. The van der Waals surface area contributed by atoms with Crippen LogP contribution in [0.2, 0.25) is 0 Å². The van der Waals surface area contributed by atoms with Crippen LogP contribution in [0, 0.1) is 0 Å². The molecule has 0 aromatic heterocycles. The third-order valence-electron chi connectivity index (χ3n) is 8.27. The van der Waals surface area contributed by atoms with Gasteiger partial charge in [0.05, 0.1) is 7.14 Å². The molecule has 36 heavy (non-hydrogen) atoms. The van der Waals surface area contributed by atoms with E-state index in [0.29, 0.717) is 17.0 Å². The van der Waals surface area contributed by atoms with Gasteiger partial charge in [0, 0.05) is 11.3 Å². The summed E-state index contributed by atoms with van der Waals surface area (Å²) >= 11 is 0. The summed E-state index contributed by atoms with van der Waals surface area (Å²) in [5, 5.41) is 1.87. The Balaban J connectivity index is 0.000000678. The van der Waals surface area contributed by atoms with Gasteiger partial charge in [-0.25, -0.2) is 18.2 Å². The Kier molecular flexibility index (Phi) is 12.3. The molecular formula is C32H52FeOP2. The molecule has 0 saturated heterocycles. The number of hydrogen-bond donors (Lipinski definition) is 0. The summed E-state index contributed by atoms with van der Waals surface area (Å²) in [7, 11) is -2.67. The maximum atomic E-state index is 15.2. The van der Waals surface area contributed by atoms with Gasteiger partial charge in [-0.3, -0.25) is 0 Å². The first-order valence-electron chi connectivity index (χ1n) is 14.3. The first-order valence-corrected chi connectivity index (χ1v) is 17.5. The largest absolute Gasteiger partial charge is 2.00 e. The second-order valence-corrected chi connectivity index (χ2v) is 20.6. The Morgan fingerprint density at radius 2 is 1.25 bits per heavy atom. The number of rotatable bonds is 5. The SMILES string of the molecule is CC(c1cc[cH-]c1P(=O)(C1CCCCC1)C1CCCCC1)P(C(C)(C)C)C(C)(C)C.[Fe+2].c1cc[cH-]c1. The van der Waals surface area contributed by atoms with Crippen molar-refractivity contribution in [2.24, 2.45) is 0 Å². The Hall–Kier alpha value is -0.121. The van der Waals surface area contributed by atoms with E-state index < -0.39 is 7.14 Å². The van der Waals surface area contributed by atoms with Crippen molar-refractivity contribution in [1.82, 2.24) is 0 Å². The average Bonchev–Trinajstić information content (AvgIpc) is 3.53. The summed E-state index contributed by atoms with van der Waals surface area (Å²) in [5.74, 6) is 0. The molecule has 2 saturated carbocycles. The molecule has 4 heteroatoms. The molecule has 0 radical (unpaired) electrons. The zero-order chi connectivity index (χ0) is 25.7. The molecule has 0 heterocycles. The Morgan fingerprint density at radius 1 is 0.806 bits per heavy atom. The molecule has 204 valence electrons. The van der Waals surface area contributed by atoms with E-state index in [-0.39, 0.29) is 35.3 Å². The van der Waals surface area contributed by atoms with Crippen LogP contribution in [0.5, 0.6) is 0 Å². The van der Waals surface area contributed by atoms with Gasteiger partial charge in [0.15, 0.2) is 0 Å². The van der Waals surface area contributed by atoms with E-state index in [0.717, 1.165) is 0 Å². The standard InChI is InChI=1S/C27H47OP2.C5H5.Fe/c1-21(29(26(2,3)4)27(5,6)7)24-19-14-20-25(24)30(28,22-15-10-8-11-16-22)23-17-12-9-13-18-23;1-2-4-5-3-1;/h14,19-23H,8-13,15-18H2,1-7H3;1-5H;/q2*-1;+2. The molecule has 1 unspecified atom stereocenters. The third kappa shape index (κ3) is 7.72. The Morgan fingerprint density at radius 3 is 1.61 bits per heavy atom. The molecular weight excluding hydrogens is 518 g/mol. The van der Waals surface area contributed by atoms with Gasteiger partial charge in [0.25, 0.3) is 0 Å². The van der Waals surface area contributed by atoms with Crippen LogP contribution in [0.25, 0.3) is 0 Å². The van der Waals surface area contributed by atoms with E-state index in [1.54, 1.807) is 0 Å². The molecule has 4 rings (SSSR count).